The van der Waals surface area contributed by atoms with E-state index in [4.69, 9.17) is 9.47 Å². The minimum atomic E-state index is -5.12. The molecule has 4 heterocycles. The zero-order valence-corrected chi connectivity index (χ0v) is 24.1. The number of likely N-dealkylation sites (tertiary alicyclic amines) is 1. The van der Waals surface area contributed by atoms with E-state index >= 15 is 0 Å². The molecule has 5 rings (SSSR count). The summed E-state index contributed by atoms with van der Waals surface area (Å²) in [7, 11) is 1.35. The number of fused-ring (bicyclic) bond motifs is 2. The van der Waals surface area contributed by atoms with Crippen molar-refractivity contribution in [1.82, 2.24) is 14.8 Å². The van der Waals surface area contributed by atoms with Gasteiger partial charge in [-0.15, -0.1) is 0 Å². The van der Waals surface area contributed by atoms with Crippen LogP contribution in [0.25, 0.3) is 0 Å². The van der Waals surface area contributed by atoms with Crippen molar-refractivity contribution in [3.05, 3.63) is 23.9 Å². The minimum Gasteiger partial charge on any atom is -0.389 e. The zero-order valence-electron chi connectivity index (χ0n) is 24.1. The van der Waals surface area contributed by atoms with Gasteiger partial charge in [0.2, 0.25) is 5.91 Å². The van der Waals surface area contributed by atoms with Gasteiger partial charge in [-0.2, -0.15) is 26.3 Å². The largest absolute Gasteiger partial charge is 0.471 e. The molecular formula is C28H36F6N4O5. The molecule has 1 aliphatic carbocycles. The summed E-state index contributed by atoms with van der Waals surface area (Å²) >= 11 is 0. The summed E-state index contributed by atoms with van der Waals surface area (Å²) < 4.78 is 92.3. The van der Waals surface area contributed by atoms with Gasteiger partial charge >= 0.3 is 18.3 Å². The van der Waals surface area contributed by atoms with E-state index in [0.717, 1.165) is 23.2 Å². The predicted molar refractivity (Wildman–Crippen MR) is 140 cm³/mol. The molecule has 0 aromatic carbocycles. The smallest absolute Gasteiger partial charge is 0.389 e. The maximum absolute atomic E-state index is 14.3. The molecule has 0 spiro atoms. The predicted octanol–water partition coefficient (Wildman–Crippen LogP) is 3.25. The Morgan fingerprint density at radius 1 is 1.16 bits per heavy atom. The van der Waals surface area contributed by atoms with Gasteiger partial charge in [-0.25, -0.2) is 4.98 Å². The highest BCUT2D eigenvalue weighted by Gasteiger charge is 2.60. The molecule has 240 valence electrons. The summed E-state index contributed by atoms with van der Waals surface area (Å²) in [5.74, 6) is -2.57. The number of aliphatic hydroxyl groups excluding tert-OH is 1. The summed E-state index contributed by atoms with van der Waals surface area (Å²) in [5, 5.41) is 11.0. The number of piperazine rings is 1. The van der Waals surface area contributed by atoms with Gasteiger partial charge in [-0.3, -0.25) is 9.59 Å². The van der Waals surface area contributed by atoms with Gasteiger partial charge in [0.15, 0.2) is 0 Å². The van der Waals surface area contributed by atoms with E-state index in [2.05, 4.69) is 4.98 Å². The van der Waals surface area contributed by atoms with Crippen LogP contribution in [0.4, 0.5) is 32.2 Å². The van der Waals surface area contributed by atoms with Crippen molar-refractivity contribution in [3.63, 3.8) is 0 Å². The molecule has 4 fully saturated rings. The number of carbonyl (C=O) groups is 2. The van der Waals surface area contributed by atoms with Crippen molar-refractivity contribution in [1.29, 1.82) is 0 Å². The van der Waals surface area contributed by atoms with Crippen molar-refractivity contribution in [2.45, 2.75) is 88.3 Å². The zero-order chi connectivity index (χ0) is 31.5. The van der Waals surface area contributed by atoms with Crippen LogP contribution in [0.5, 0.6) is 0 Å². The number of halogens is 6. The van der Waals surface area contributed by atoms with Crippen molar-refractivity contribution in [2.75, 3.05) is 38.3 Å². The van der Waals surface area contributed by atoms with Gasteiger partial charge in [0.25, 0.3) is 0 Å². The van der Waals surface area contributed by atoms with Crippen LogP contribution in [0.2, 0.25) is 0 Å². The topological polar surface area (TPSA) is 95.4 Å². The second-order valence-electron chi connectivity index (χ2n) is 12.3. The molecule has 2 bridgehead atoms. The molecule has 4 aliphatic rings. The number of aliphatic hydroxyl groups is 1. The van der Waals surface area contributed by atoms with E-state index in [-0.39, 0.29) is 69.6 Å². The van der Waals surface area contributed by atoms with Gasteiger partial charge in [0.05, 0.1) is 41.8 Å². The molecule has 43 heavy (non-hydrogen) atoms. The van der Waals surface area contributed by atoms with Gasteiger partial charge in [-0.05, 0) is 43.7 Å². The molecule has 1 aromatic heterocycles. The molecule has 3 saturated heterocycles. The first kappa shape index (κ1) is 31.8. The highest BCUT2D eigenvalue weighted by Crippen LogP contribution is 2.50. The maximum atomic E-state index is 14.3. The van der Waals surface area contributed by atoms with Gasteiger partial charge in [0.1, 0.15) is 11.9 Å². The van der Waals surface area contributed by atoms with Crippen LogP contribution in [0.3, 0.4) is 0 Å². The quantitative estimate of drug-likeness (QED) is 0.487. The number of methoxy groups -OCH3 is 1. The lowest BCUT2D eigenvalue weighted by Crippen LogP contribution is -2.59. The summed E-state index contributed by atoms with van der Waals surface area (Å²) in [5.41, 5.74) is -1.98. The molecular weight excluding hydrogens is 586 g/mol. The average molecular weight is 623 g/mol. The third-order valence-corrected chi connectivity index (χ3v) is 9.84. The number of amides is 2. The molecule has 1 saturated carbocycles. The van der Waals surface area contributed by atoms with Crippen LogP contribution in [0.1, 0.15) is 45.1 Å². The Kier molecular flexibility index (Phi) is 8.40. The second-order valence-corrected chi connectivity index (χ2v) is 12.3. The van der Waals surface area contributed by atoms with Crippen LogP contribution in [0, 0.1) is 11.3 Å². The molecule has 0 unspecified atom stereocenters. The normalized spacial score (nSPS) is 33.0. The first-order valence-electron chi connectivity index (χ1n) is 14.4. The fourth-order valence-electron chi connectivity index (χ4n) is 7.48. The minimum absolute atomic E-state index is 0.00198. The molecule has 0 radical (unpaired) electrons. The highest BCUT2D eigenvalue weighted by atomic mass is 19.4. The van der Waals surface area contributed by atoms with E-state index in [9.17, 15) is 41.0 Å². The number of pyridine rings is 1. The third-order valence-electron chi connectivity index (χ3n) is 9.84. The molecule has 15 heteroatoms. The number of carbonyl (C=O) groups excluding carboxylic acids is 2. The maximum Gasteiger partial charge on any atom is 0.471 e. The monoisotopic (exact) mass is 622 g/mol. The lowest BCUT2D eigenvalue weighted by Gasteiger charge is -2.44. The van der Waals surface area contributed by atoms with E-state index in [0.29, 0.717) is 0 Å². The summed E-state index contributed by atoms with van der Waals surface area (Å²) in [4.78, 5) is 35.1. The number of hydrogen-bond acceptors (Lipinski definition) is 7. The lowest BCUT2D eigenvalue weighted by atomic mass is 9.74. The Labute approximate surface area is 245 Å². The average Bonchev–Trinajstić information content (AvgIpc) is 3.63. The Hall–Kier alpha value is -2.65. The number of anilines is 1. The molecule has 1 aromatic rings. The summed E-state index contributed by atoms with van der Waals surface area (Å²) in [6.45, 7) is 3.91. The van der Waals surface area contributed by atoms with Crippen LogP contribution in [-0.4, -0.2) is 108 Å². The summed E-state index contributed by atoms with van der Waals surface area (Å²) in [6.07, 6.45) is -9.89. The Morgan fingerprint density at radius 3 is 2.47 bits per heavy atom. The Balaban J connectivity index is 1.38. The molecule has 7 atom stereocenters. The van der Waals surface area contributed by atoms with Gasteiger partial charge in [-0.1, -0.05) is 13.8 Å². The van der Waals surface area contributed by atoms with Crippen LogP contribution < -0.4 is 4.90 Å². The standard InChI is InChI=1S/C28H36F6N4O5/c1-15(2)26(7-4-17(11-26)38(25(41)28(32,33)34)18-6-9-43-14-21(18)42-3)24(40)37-13-19-23(39)20(37)12-36(19)22-10-16(5-8-35-22)27(29,30)31/h5,8,10,15,17-21,23,39H,4,6-7,9,11-14H2,1-3H3/t17-,18+,19-,20-,21-,23+,26+/m1/s1. The second kappa shape index (κ2) is 11.4. The SMILES string of the molecule is CO[C@@H]1COCC[C@@H]1N(C(=O)C(F)(F)F)[C@@H]1CC[C@@](C(=O)N2C[C@@H]3[C@H](O)[C@H]2CN3c2cc(C(F)(F)F)ccn2)(C(C)C)C1. The van der Waals surface area contributed by atoms with Crippen molar-refractivity contribution in [3.8, 4) is 0 Å². The fourth-order valence-corrected chi connectivity index (χ4v) is 7.48. The first-order valence-corrected chi connectivity index (χ1v) is 14.4. The Morgan fingerprint density at radius 2 is 1.88 bits per heavy atom. The molecule has 9 nitrogen and oxygen atoms in total. The van der Waals surface area contributed by atoms with Crippen LogP contribution >= 0.6 is 0 Å². The van der Waals surface area contributed by atoms with Gasteiger partial charge < -0.3 is 29.3 Å². The van der Waals surface area contributed by atoms with E-state index in [1.54, 1.807) is 4.90 Å². The number of nitrogens with zero attached hydrogens (tertiary/aromatic N) is 4. The highest BCUT2D eigenvalue weighted by molar-refractivity contribution is 5.86. The van der Waals surface area contributed by atoms with Gasteiger partial charge in [0, 0.05) is 39.0 Å². The van der Waals surface area contributed by atoms with E-state index < -0.39 is 65.6 Å². The number of alkyl halides is 6. The number of aromatic nitrogens is 1. The molecule has 3 aliphatic heterocycles. The molecule has 2 amide bonds. The summed E-state index contributed by atoms with van der Waals surface area (Å²) in [6, 6.07) is -1.42. The van der Waals surface area contributed by atoms with E-state index in [1.165, 1.54) is 12.0 Å². The fraction of sp³-hybridized carbons (Fsp3) is 0.750. The Bertz CT molecular complexity index is 1210. The van der Waals surface area contributed by atoms with Crippen LogP contribution in [0.15, 0.2) is 18.3 Å². The van der Waals surface area contributed by atoms with E-state index in [1.807, 2.05) is 13.8 Å². The number of ether oxygens (including phenoxy) is 2. The molecule has 1 N–H and O–H groups in total. The van der Waals surface area contributed by atoms with Crippen molar-refractivity contribution < 1.29 is 50.5 Å². The first-order chi connectivity index (χ1) is 20.1. The van der Waals surface area contributed by atoms with Crippen molar-refractivity contribution >= 4 is 17.6 Å². The number of rotatable bonds is 6. The number of hydrogen-bond donors (Lipinski definition) is 1. The van der Waals surface area contributed by atoms with Crippen LogP contribution in [-0.2, 0) is 25.2 Å². The lowest BCUT2D eigenvalue weighted by molar-refractivity contribution is -0.197. The third kappa shape index (κ3) is 5.56. The van der Waals surface area contributed by atoms with Crippen molar-refractivity contribution in [2.24, 2.45) is 11.3 Å².